The molecule has 0 aromatic rings. The first-order chi connectivity index (χ1) is 5.56. The third kappa shape index (κ3) is 5.22. The molecule has 0 unspecified atom stereocenters. The minimum absolute atomic E-state index is 0.480. The maximum atomic E-state index is 10.5. The third-order valence-corrected chi connectivity index (χ3v) is 1.03. The lowest BCUT2D eigenvalue weighted by Crippen LogP contribution is -1.94. The van der Waals surface area contributed by atoms with Gasteiger partial charge in [0.05, 0.1) is 7.11 Å². The largest absolute Gasteiger partial charge is 0.478 e. The van der Waals surface area contributed by atoms with E-state index < -0.39 is 11.9 Å². The minimum Gasteiger partial charge on any atom is -0.478 e. The summed E-state index contributed by atoms with van der Waals surface area (Å²) in [6, 6.07) is 0. The molecule has 0 aromatic carbocycles. The normalized spacial score (nSPS) is 11.7. The van der Waals surface area contributed by atoms with Crippen molar-refractivity contribution in [2.24, 2.45) is 0 Å². The van der Waals surface area contributed by atoms with Gasteiger partial charge in [-0.25, -0.2) is 9.59 Å². The van der Waals surface area contributed by atoms with Crippen molar-refractivity contribution < 1.29 is 19.4 Å². The summed E-state index contributed by atoms with van der Waals surface area (Å²) in [5.41, 5.74) is 0.480. The van der Waals surface area contributed by atoms with Gasteiger partial charge in [-0.05, 0) is 12.5 Å². The quantitative estimate of drug-likeness (QED) is 0.385. The first kappa shape index (κ1) is 10.4. The van der Waals surface area contributed by atoms with Gasteiger partial charge in [0.1, 0.15) is 0 Å². The van der Waals surface area contributed by atoms with Crippen molar-refractivity contribution in [2.45, 2.75) is 6.92 Å². The van der Waals surface area contributed by atoms with E-state index in [9.17, 15) is 9.59 Å². The molecule has 0 aromatic heterocycles. The number of allylic oxidation sites excluding steroid dienone is 2. The average Bonchev–Trinajstić information content (AvgIpc) is 1.99. The summed E-state index contributed by atoms with van der Waals surface area (Å²) in [6.45, 7) is 1.58. The second-order valence-electron chi connectivity index (χ2n) is 2.08. The number of rotatable bonds is 3. The molecule has 0 saturated heterocycles. The predicted octanol–water partition coefficient (Wildman–Crippen LogP) is 0.746. The van der Waals surface area contributed by atoms with E-state index in [0.29, 0.717) is 5.57 Å². The summed E-state index contributed by atoms with van der Waals surface area (Å²) in [4.78, 5) is 20.6. The Morgan fingerprint density at radius 2 is 1.92 bits per heavy atom. The SMILES string of the molecule is COC(=O)/C=C/C(C)=C/C(=O)O. The zero-order chi connectivity index (χ0) is 9.56. The Hall–Kier alpha value is -1.58. The molecule has 0 aliphatic heterocycles. The van der Waals surface area contributed by atoms with Crippen LogP contribution in [0.3, 0.4) is 0 Å². The van der Waals surface area contributed by atoms with Gasteiger partial charge >= 0.3 is 11.9 Å². The molecule has 0 radical (unpaired) electrons. The Kier molecular flexibility index (Phi) is 4.45. The maximum absolute atomic E-state index is 10.5. The van der Waals surface area contributed by atoms with Gasteiger partial charge < -0.3 is 9.84 Å². The zero-order valence-electron chi connectivity index (χ0n) is 6.90. The van der Waals surface area contributed by atoms with E-state index in [1.807, 2.05) is 0 Å². The van der Waals surface area contributed by atoms with Crippen LogP contribution in [-0.2, 0) is 14.3 Å². The second-order valence-corrected chi connectivity index (χ2v) is 2.08. The van der Waals surface area contributed by atoms with E-state index in [1.165, 1.54) is 13.2 Å². The molecule has 0 fully saturated rings. The molecule has 0 amide bonds. The molecule has 4 heteroatoms. The highest BCUT2D eigenvalue weighted by atomic mass is 16.5. The molecule has 0 spiro atoms. The summed E-state index contributed by atoms with van der Waals surface area (Å²) in [5, 5.41) is 8.28. The summed E-state index contributed by atoms with van der Waals surface area (Å²) < 4.78 is 4.31. The minimum atomic E-state index is -1.04. The Labute approximate surface area is 70.1 Å². The van der Waals surface area contributed by atoms with E-state index in [2.05, 4.69) is 4.74 Å². The predicted molar refractivity (Wildman–Crippen MR) is 42.5 cm³/mol. The van der Waals surface area contributed by atoms with Crippen LogP contribution in [0.2, 0.25) is 0 Å². The van der Waals surface area contributed by atoms with Crippen molar-refractivity contribution >= 4 is 11.9 Å². The number of aliphatic carboxylic acids is 1. The molecule has 0 heterocycles. The molecular weight excluding hydrogens is 160 g/mol. The van der Waals surface area contributed by atoms with Gasteiger partial charge in [0.15, 0.2) is 0 Å². The number of carbonyl (C=O) groups excluding carboxylic acids is 1. The van der Waals surface area contributed by atoms with Crippen LogP contribution in [0.5, 0.6) is 0 Å². The standard InChI is InChI=1S/C8H10O4/c1-6(5-7(9)10)3-4-8(11)12-2/h3-5H,1-2H3,(H,9,10)/b4-3+,6-5+. The monoisotopic (exact) mass is 170 g/mol. The number of methoxy groups -OCH3 is 1. The lowest BCUT2D eigenvalue weighted by Gasteiger charge is -1.90. The second kappa shape index (κ2) is 5.12. The fourth-order valence-corrected chi connectivity index (χ4v) is 0.510. The number of carboxylic acids is 1. The highest BCUT2D eigenvalue weighted by molar-refractivity contribution is 5.84. The van der Waals surface area contributed by atoms with Crippen LogP contribution in [-0.4, -0.2) is 24.2 Å². The molecule has 0 aliphatic carbocycles. The van der Waals surface area contributed by atoms with Crippen molar-refractivity contribution in [2.75, 3.05) is 7.11 Å². The zero-order valence-corrected chi connectivity index (χ0v) is 6.90. The van der Waals surface area contributed by atoms with Crippen LogP contribution in [0.25, 0.3) is 0 Å². The highest BCUT2D eigenvalue weighted by Gasteiger charge is 1.92. The Bertz CT molecular complexity index is 237. The summed E-state index contributed by atoms with van der Waals surface area (Å²) in [5.74, 6) is -1.55. The Morgan fingerprint density at radius 3 is 2.33 bits per heavy atom. The van der Waals surface area contributed by atoms with E-state index in [-0.39, 0.29) is 0 Å². The molecule has 0 bridgehead atoms. The van der Waals surface area contributed by atoms with Gasteiger partial charge in [-0.15, -0.1) is 0 Å². The third-order valence-electron chi connectivity index (χ3n) is 1.03. The van der Waals surface area contributed by atoms with E-state index in [4.69, 9.17) is 5.11 Å². The van der Waals surface area contributed by atoms with Crippen molar-refractivity contribution in [1.29, 1.82) is 0 Å². The molecule has 0 atom stereocenters. The number of carboxylic acid groups (broad SMARTS) is 1. The molecule has 12 heavy (non-hydrogen) atoms. The highest BCUT2D eigenvalue weighted by Crippen LogP contribution is 1.94. The first-order valence-corrected chi connectivity index (χ1v) is 3.23. The van der Waals surface area contributed by atoms with Crippen LogP contribution in [0.15, 0.2) is 23.8 Å². The lowest BCUT2D eigenvalue weighted by molar-refractivity contribution is -0.135. The number of esters is 1. The van der Waals surface area contributed by atoms with Gasteiger partial charge in [0.25, 0.3) is 0 Å². The summed E-state index contributed by atoms with van der Waals surface area (Å²) in [7, 11) is 1.25. The lowest BCUT2D eigenvalue weighted by atomic mass is 10.2. The average molecular weight is 170 g/mol. The van der Waals surface area contributed by atoms with Crippen LogP contribution < -0.4 is 0 Å². The molecule has 0 rings (SSSR count). The molecule has 1 N–H and O–H groups in total. The van der Waals surface area contributed by atoms with Crippen LogP contribution >= 0.6 is 0 Å². The fraction of sp³-hybridized carbons (Fsp3) is 0.250. The number of hydrogen-bond acceptors (Lipinski definition) is 3. The molecule has 4 nitrogen and oxygen atoms in total. The van der Waals surface area contributed by atoms with E-state index >= 15 is 0 Å². The van der Waals surface area contributed by atoms with Gasteiger partial charge in [0, 0.05) is 12.2 Å². The van der Waals surface area contributed by atoms with Crippen molar-refractivity contribution in [3.05, 3.63) is 23.8 Å². The van der Waals surface area contributed by atoms with Gasteiger partial charge in [-0.3, -0.25) is 0 Å². The summed E-state index contributed by atoms with van der Waals surface area (Å²) >= 11 is 0. The van der Waals surface area contributed by atoms with Gasteiger partial charge in [-0.2, -0.15) is 0 Å². The molecular formula is C8H10O4. The van der Waals surface area contributed by atoms with Gasteiger partial charge in [-0.1, -0.05) is 6.08 Å². The number of carbonyl (C=O) groups is 2. The smallest absolute Gasteiger partial charge is 0.330 e. The molecule has 0 saturated carbocycles. The number of hydrogen-bond donors (Lipinski definition) is 1. The van der Waals surface area contributed by atoms with Crippen LogP contribution in [0, 0.1) is 0 Å². The van der Waals surface area contributed by atoms with Crippen molar-refractivity contribution in [3.8, 4) is 0 Å². The topological polar surface area (TPSA) is 63.6 Å². The maximum Gasteiger partial charge on any atom is 0.330 e. The van der Waals surface area contributed by atoms with Crippen molar-refractivity contribution in [1.82, 2.24) is 0 Å². The number of ether oxygens (including phenoxy) is 1. The fourth-order valence-electron chi connectivity index (χ4n) is 0.510. The van der Waals surface area contributed by atoms with Crippen LogP contribution in [0.1, 0.15) is 6.92 Å². The van der Waals surface area contributed by atoms with E-state index in [0.717, 1.165) is 12.2 Å². The first-order valence-electron chi connectivity index (χ1n) is 3.23. The molecule has 66 valence electrons. The van der Waals surface area contributed by atoms with Crippen molar-refractivity contribution in [3.63, 3.8) is 0 Å². The molecule has 0 aliphatic rings. The Balaban J connectivity index is 4.17. The van der Waals surface area contributed by atoms with Gasteiger partial charge in [0.2, 0.25) is 0 Å². The van der Waals surface area contributed by atoms with E-state index in [1.54, 1.807) is 6.92 Å². The van der Waals surface area contributed by atoms with Crippen LogP contribution in [0.4, 0.5) is 0 Å². The Morgan fingerprint density at radius 1 is 1.33 bits per heavy atom. The summed E-state index contributed by atoms with van der Waals surface area (Å²) in [6.07, 6.45) is 3.54.